The van der Waals surface area contributed by atoms with Gasteiger partial charge in [-0.1, -0.05) is 13.8 Å². The van der Waals surface area contributed by atoms with Crippen LogP contribution in [0.1, 0.15) is 34.1 Å². The molecule has 0 bridgehead atoms. The van der Waals surface area contributed by atoms with Crippen LogP contribution < -0.4 is 5.32 Å². The van der Waals surface area contributed by atoms with Crippen molar-refractivity contribution in [2.75, 3.05) is 33.7 Å². The normalized spacial score (nSPS) is 29.8. The van der Waals surface area contributed by atoms with Crippen LogP contribution in [0.15, 0.2) is 0 Å². The summed E-state index contributed by atoms with van der Waals surface area (Å²) in [4.78, 5) is 5.02. The summed E-state index contributed by atoms with van der Waals surface area (Å²) in [6.07, 6.45) is 1.22. The van der Waals surface area contributed by atoms with Crippen LogP contribution in [0.2, 0.25) is 0 Å². The number of hydrogen-bond acceptors (Lipinski definition) is 3. The topological polar surface area (TPSA) is 18.5 Å². The van der Waals surface area contributed by atoms with Gasteiger partial charge in [0.2, 0.25) is 0 Å². The first-order valence-electron chi connectivity index (χ1n) is 7.11. The molecule has 0 aromatic carbocycles. The van der Waals surface area contributed by atoms with E-state index in [1.807, 2.05) is 0 Å². The highest BCUT2D eigenvalue weighted by Gasteiger charge is 2.34. The van der Waals surface area contributed by atoms with Gasteiger partial charge in [0.15, 0.2) is 0 Å². The number of rotatable bonds is 6. The van der Waals surface area contributed by atoms with Gasteiger partial charge in [0.1, 0.15) is 0 Å². The van der Waals surface area contributed by atoms with E-state index >= 15 is 0 Å². The Hall–Kier alpha value is -0.120. The van der Waals surface area contributed by atoms with Crippen LogP contribution in [0, 0.1) is 5.92 Å². The molecule has 17 heavy (non-hydrogen) atoms. The first-order valence-corrected chi connectivity index (χ1v) is 7.11. The van der Waals surface area contributed by atoms with E-state index in [1.54, 1.807) is 0 Å². The molecule has 0 aliphatic carbocycles. The molecule has 1 aliphatic heterocycles. The van der Waals surface area contributed by atoms with Crippen molar-refractivity contribution in [3.63, 3.8) is 0 Å². The number of likely N-dealkylation sites (N-methyl/N-ethyl adjacent to an activating group) is 1. The van der Waals surface area contributed by atoms with Crippen LogP contribution in [0.4, 0.5) is 0 Å². The van der Waals surface area contributed by atoms with E-state index in [2.05, 4.69) is 56.9 Å². The fraction of sp³-hybridized carbons (Fsp3) is 1.00. The van der Waals surface area contributed by atoms with E-state index in [9.17, 15) is 0 Å². The Bertz CT molecular complexity index is 218. The average molecular weight is 241 g/mol. The van der Waals surface area contributed by atoms with Crippen LogP contribution in [-0.2, 0) is 0 Å². The smallest absolute Gasteiger partial charge is 0.0254 e. The zero-order valence-corrected chi connectivity index (χ0v) is 12.5. The number of nitrogens with zero attached hydrogens (tertiary/aromatic N) is 2. The van der Waals surface area contributed by atoms with E-state index < -0.39 is 0 Å². The summed E-state index contributed by atoms with van der Waals surface area (Å²) in [6, 6.07) is 1.94. The van der Waals surface area contributed by atoms with E-state index in [-0.39, 0.29) is 0 Å². The second kappa shape index (κ2) is 6.72. The van der Waals surface area contributed by atoms with Crippen molar-refractivity contribution >= 4 is 0 Å². The van der Waals surface area contributed by atoms with Crippen LogP contribution >= 0.6 is 0 Å². The van der Waals surface area contributed by atoms with Crippen LogP contribution in [-0.4, -0.2) is 61.7 Å². The fourth-order valence-electron chi connectivity index (χ4n) is 2.85. The van der Waals surface area contributed by atoms with Crippen molar-refractivity contribution in [1.82, 2.24) is 15.1 Å². The van der Waals surface area contributed by atoms with Gasteiger partial charge in [-0.3, -0.25) is 4.90 Å². The number of nitrogens with one attached hydrogen (secondary N) is 1. The maximum Gasteiger partial charge on any atom is 0.0254 e. The van der Waals surface area contributed by atoms with Crippen molar-refractivity contribution < 1.29 is 0 Å². The second-order valence-electron chi connectivity index (χ2n) is 5.95. The minimum absolute atomic E-state index is 0.586. The molecule has 0 spiro atoms. The summed E-state index contributed by atoms with van der Waals surface area (Å²) in [5.41, 5.74) is 0. The SMILES string of the molecule is CCCNC(C)C(C)N1CC(C)C(N(C)C)C1. The molecule has 102 valence electrons. The summed E-state index contributed by atoms with van der Waals surface area (Å²) in [5.74, 6) is 0.783. The van der Waals surface area contributed by atoms with Crippen molar-refractivity contribution in [3.05, 3.63) is 0 Å². The molecule has 1 fully saturated rings. The Kier molecular flexibility index (Phi) is 5.90. The highest BCUT2D eigenvalue weighted by molar-refractivity contribution is 4.91. The predicted octanol–water partition coefficient (Wildman–Crippen LogP) is 1.64. The van der Waals surface area contributed by atoms with Gasteiger partial charge in [-0.25, -0.2) is 0 Å². The molecule has 3 heteroatoms. The Balaban J connectivity index is 2.46. The lowest BCUT2D eigenvalue weighted by atomic mass is 10.1. The lowest BCUT2D eigenvalue weighted by Gasteiger charge is -2.31. The highest BCUT2D eigenvalue weighted by atomic mass is 15.3. The maximum atomic E-state index is 3.61. The first kappa shape index (κ1) is 14.9. The van der Waals surface area contributed by atoms with E-state index in [0.29, 0.717) is 12.1 Å². The second-order valence-corrected chi connectivity index (χ2v) is 5.95. The third-order valence-corrected chi connectivity index (χ3v) is 4.28. The molecule has 1 rings (SSSR count). The van der Waals surface area contributed by atoms with Gasteiger partial charge < -0.3 is 10.2 Å². The summed E-state index contributed by atoms with van der Waals surface area (Å²) < 4.78 is 0. The molecule has 0 aromatic heterocycles. The zero-order valence-electron chi connectivity index (χ0n) is 12.5. The first-order chi connectivity index (χ1) is 7.97. The molecular weight excluding hydrogens is 210 g/mol. The van der Waals surface area contributed by atoms with Crippen molar-refractivity contribution in [1.29, 1.82) is 0 Å². The van der Waals surface area contributed by atoms with Crippen LogP contribution in [0.3, 0.4) is 0 Å². The summed E-state index contributed by atoms with van der Waals surface area (Å²) in [7, 11) is 4.40. The zero-order chi connectivity index (χ0) is 13.0. The van der Waals surface area contributed by atoms with Gasteiger partial charge in [-0.2, -0.15) is 0 Å². The minimum atomic E-state index is 0.586. The van der Waals surface area contributed by atoms with Gasteiger partial charge >= 0.3 is 0 Å². The molecule has 1 N–H and O–H groups in total. The van der Waals surface area contributed by atoms with Gasteiger partial charge in [-0.15, -0.1) is 0 Å². The highest BCUT2D eigenvalue weighted by Crippen LogP contribution is 2.22. The summed E-state index contributed by atoms with van der Waals surface area (Å²) >= 11 is 0. The minimum Gasteiger partial charge on any atom is -0.313 e. The monoisotopic (exact) mass is 241 g/mol. The molecule has 0 saturated carbocycles. The van der Waals surface area contributed by atoms with Crippen molar-refractivity contribution in [2.45, 2.75) is 52.2 Å². The maximum absolute atomic E-state index is 3.61. The fourth-order valence-corrected chi connectivity index (χ4v) is 2.85. The third kappa shape index (κ3) is 3.94. The molecule has 0 radical (unpaired) electrons. The Morgan fingerprint density at radius 3 is 2.41 bits per heavy atom. The summed E-state index contributed by atoms with van der Waals surface area (Å²) in [6.45, 7) is 12.9. The Morgan fingerprint density at radius 1 is 1.29 bits per heavy atom. The van der Waals surface area contributed by atoms with E-state index in [0.717, 1.165) is 18.5 Å². The lowest BCUT2D eigenvalue weighted by molar-refractivity contribution is 0.194. The standard InChI is InChI=1S/C14H31N3/c1-7-8-15-12(3)13(4)17-9-11(2)14(10-17)16(5)6/h11-15H,7-10H2,1-6H3. The number of hydrogen-bond donors (Lipinski definition) is 1. The molecule has 1 aliphatic rings. The molecule has 0 aromatic rings. The third-order valence-electron chi connectivity index (χ3n) is 4.28. The Morgan fingerprint density at radius 2 is 1.94 bits per heavy atom. The quantitative estimate of drug-likeness (QED) is 0.763. The predicted molar refractivity (Wildman–Crippen MR) is 75.4 cm³/mol. The van der Waals surface area contributed by atoms with Gasteiger partial charge in [0, 0.05) is 31.2 Å². The van der Waals surface area contributed by atoms with Crippen molar-refractivity contribution in [2.24, 2.45) is 5.92 Å². The molecule has 0 amide bonds. The Labute approximate surface area is 108 Å². The van der Waals surface area contributed by atoms with Gasteiger partial charge in [0.05, 0.1) is 0 Å². The molecule has 4 unspecified atom stereocenters. The molecule has 3 nitrogen and oxygen atoms in total. The number of likely N-dealkylation sites (tertiary alicyclic amines) is 1. The van der Waals surface area contributed by atoms with Gasteiger partial charge in [0.25, 0.3) is 0 Å². The largest absolute Gasteiger partial charge is 0.313 e. The van der Waals surface area contributed by atoms with Crippen LogP contribution in [0.25, 0.3) is 0 Å². The molecule has 1 heterocycles. The van der Waals surface area contributed by atoms with E-state index in [4.69, 9.17) is 0 Å². The molecule has 4 atom stereocenters. The van der Waals surface area contributed by atoms with Crippen LogP contribution in [0.5, 0.6) is 0 Å². The molecule has 1 saturated heterocycles. The van der Waals surface area contributed by atoms with E-state index in [1.165, 1.54) is 19.5 Å². The van der Waals surface area contributed by atoms with Gasteiger partial charge in [-0.05, 0) is 46.8 Å². The average Bonchev–Trinajstić information content (AvgIpc) is 2.67. The summed E-state index contributed by atoms with van der Waals surface area (Å²) in [5, 5.41) is 3.61. The lowest BCUT2D eigenvalue weighted by Crippen LogP contribution is -2.47. The molecular formula is C14H31N3. The van der Waals surface area contributed by atoms with Crippen molar-refractivity contribution in [3.8, 4) is 0 Å².